The van der Waals surface area contributed by atoms with Crippen LogP contribution in [0.2, 0.25) is 5.02 Å². The van der Waals surface area contributed by atoms with Crippen LogP contribution in [0.25, 0.3) is 0 Å². The summed E-state index contributed by atoms with van der Waals surface area (Å²) in [7, 11) is 0. The number of imidazole rings is 1. The second-order valence-corrected chi connectivity index (χ2v) is 5.44. The summed E-state index contributed by atoms with van der Waals surface area (Å²) in [6.45, 7) is -0.242. The number of aromatic amines is 1. The molecule has 0 amide bonds. The van der Waals surface area contributed by atoms with Crippen molar-refractivity contribution in [1.82, 2.24) is 19.9 Å². The van der Waals surface area contributed by atoms with E-state index < -0.39 is 5.82 Å². The Balaban J connectivity index is 2.01. The molecule has 2 N–H and O–H groups in total. The van der Waals surface area contributed by atoms with Gasteiger partial charge in [0.25, 0.3) is 0 Å². The molecule has 118 valence electrons. The van der Waals surface area contributed by atoms with Crippen molar-refractivity contribution in [3.8, 4) is 0 Å². The van der Waals surface area contributed by atoms with Crippen molar-refractivity contribution in [1.29, 1.82) is 0 Å². The first-order valence-electron chi connectivity index (χ1n) is 7.03. The number of aliphatic hydroxyl groups excluding tert-OH is 1. The van der Waals surface area contributed by atoms with Crippen molar-refractivity contribution >= 4 is 11.6 Å². The molecule has 3 rings (SSSR count). The summed E-state index contributed by atoms with van der Waals surface area (Å²) >= 11 is 5.91. The highest BCUT2D eigenvalue weighted by Crippen LogP contribution is 2.31. The van der Waals surface area contributed by atoms with Gasteiger partial charge >= 0.3 is 0 Å². The summed E-state index contributed by atoms with van der Waals surface area (Å²) in [4.78, 5) is 15.3. The van der Waals surface area contributed by atoms with Crippen LogP contribution in [0.15, 0.2) is 43.0 Å². The van der Waals surface area contributed by atoms with Crippen LogP contribution in [0.5, 0.6) is 0 Å². The lowest BCUT2D eigenvalue weighted by atomic mass is 9.91. The maximum atomic E-state index is 14.5. The maximum Gasteiger partial charge on any atom is 0.153 e. The topological polar surface area (TPSA) is 74.7 Å². The first-order valence-corrected chi connectivity index (χ1v) is 7.40. The number of benzene rings is 1. The molecule has 0 radical (unpaired) electrons. The molecule has 3 aromatic rings. The quantitative estimate of drug-likeness (QED) is 0.753. The Morgan fingerprint density at radius 3 is 2.91 bits per heavy atom. The second kappa shape index (κ2) is 6.85. The number of nitrogens with zero attached hydrogens (tertiary/aromatic N) is 3. The lowest BCUT2D eigenvalue weighted by Gasteiger charge is -2.17. The highest BCUT2D eigenvalue weighted by molar-refractivity contribution is 6.30. The summed E-state index contributed by atoms with van der Waals surface area (Å²) in [5.41, 5.74) is 1.92. The third-order valence-corrected chi connectivity index (χ3v) is 3.86. The fourth-order valence-corrected chi connectivity index (χ4v) is 2.66. The summed E-state index contributed by atoms with van der Waals surface area (Å²) in [5.74, 6) is -0.444. The van der Waals surface area contributed by atoms with Gasteiger partial charge in [-0.3, -0.25) is 0 Å². The van der Waals surface area contributed by atoms with Crippen molar-refractivity contribution in [2.75, 3.05) is 0 Å². The van der Waals surface area contributed by atoms with Gasteiger partial charge in [-0.15, -0.1) is 0 Å². The van der Waals surface area contributed by atoms with Crippen LogP contribution in [0.4, 0.5) is 4.39 Å². The van der Waals surface area contributed by atoms with Gasteiger partial charge < -0.3 is 10.1 Å². The van der Waals surface area contributed by atoms with Gasteiger partial charge in [-0.05, 0) is 17.7 Å². The Hall–Kier alpha value is -2.31. The molecule has 1 unspecified atom stereocenters. The Bertz CT molecular complexity index is 795. The van der Waals surface area contributed by atoms with Crippen molar-refractivity contribution in [3.05, 3.63) is 76.6 Å². The number of rotatable bonds is 5. The van der Waals surface area contributed by atoms with E-state index in [0.29, 0.717) is 23.5 Å². The number of hydrogen-bond acceptors (Lipinski definition) is 4. The zero-order valence-electron chi connectivity index (χ0n) is 12.1. The monoisotopic (exact) mass is 332 g/mol. The predicted molar refractivity (Wildman–Crippen MR) is 83.5 cm³/mol. The maximum absolute atomic E-state index is 14.5. The smallest absolute Gasteiger partial charge is 0.153 e. The minimum atomic E-state index is -0.454. The minimum absolute atomic E-state index is 0.0748. The Morgan fingerprint density at radius 1 is 1.30 bits per heavy atom. The van der Waals surface area contributed by atoms with Crippen LogP contribution in [-0.4, -0.2) is 25.0 Å². The van der Waals surface area contributed by atoms with Gasteiger partial charge in [0, 0.05) is 36.1 Å². The van der Waals surface area contributed by atoms with E-state index in [4.69, 9.17) is 16.7 Å². The molecule has 0 aliphatic heterocycles. The van der Waals surface area contributed by atoms with Gasteiger partial charge in [-0.25, -0.2) is 19.3 Å². The molecule has 2 aromatic heterocycles. The standard InChI is InChI=1S/C16H14ClFN4O/c17-13-3-1-2-11(16(13)18)12(14-7-19-9-21-14)6-10-4-5-20-15(8-23)22-10/h1-5,7,9,12,23H,6,8H2,(H,19,21). The summed E-state index contributed by atoms with van der Waals surface area (Å²) in [6.07, 6.45) is 5.20. The van der Waals surface area contributed by atoms with Gasteiger partial charge in [-0.1, -0.05) is 23.7 Å². The van der Waals surface area contributed by atoms with Crippen molar-refractivity contribution < 1.29 is 9.50 Å². The highest BCUT2D eigenvalue weighted by Gasteiger charge is 2.22. The van der Waals surface area contributed by atoms with E-state index in [9.17, 15) is 4.39 Å². The lowest BCUT2D eigenvalue weighted by molar-refractivity contribution is 0.270. The molecular weight excluding hydrogens is 319 g/mol. The third kappa shape index (κ3) is 3.38. The Kier molecular flexibility index (Phi) is 4.64. The lowest BCUT2D eigenvalue weighted by Crippen LogP contribution is -2.10. The van der Waals surface area contributed by atoms with E-state index in [2.05, 4.69) is 19.9 Å². The summed E-state index contributed by atoms with van der Waals surface area (Å²) in [5, 5.41) is 9.23. The summed E-state index contributed by atoms with van der Waals surface area (Å²) < 4.78 is 14.5. The van der Waals surface area contributed by atoms with E-state index in [-0.39, 0.29) is 17.5 Å². The van der Waals surface area contributed by atoms with Crippen LogP contribution in [0.3, 0.4) is 0 Å². The van der Waals surface area contributed by atoms with Gasteiger partial charge in [0.05, 0.1) is 11.3 Å². The zero-order chi connectivity index (χ0) is 16.2. The van der Waals surface area contributed by atoms with Crippen molar-refractivity contribution in [2.45, 2.75) is 18.9 Å². The summed E-state index contributed by atoms with van der Waals surface area (Å²) in [6, 6.07) is 6.66. The molecule has 0 aliphatic carbocycles. The average molecular weight is 333 g/mol. The number of halogens is 2. The van der Waals surface area contributed by atoms with Gasteiger partial charge in [0.2, 0.25) is 0 Å². The normalized spacial score (nSPS) is 12.3. The number of hydrogen-bond donors (Lipinski definition) is 2. The van der Waals surface area contributed by atoms with Gasteiger partial charge in [-0.2, -0.15) is 0 Å². The number of nitrogens with one attached hydrogen (secondary N) is 1. The predicted octanol–water partition coefficient (Wildman–Crippen LogP) is 2.86. The van der Waals surface area contributed by atoms with Crippen LogP contribution in [0, 0.1) is 5.82 Å². The first kappa shape index (κ1) is 15.6. The molecule has 1 atom stereocenters. The fraction of sp³-hybridized carbons (Fsp3) is 0.188. The largest absolute Gasteiger partial charge is 0.388 e. The minimum Gasteiger partial charge on any atom is -0.388 e. The van der Waals surface area contributed by atoms with E-state index in [0.717, 1.165) is 5.69 Å². The Labute approximate surface area is 137 Å². The molecule has 0 aliphatic rings. The highest BCUT2D eigenvalue weighted by atomic mass is 35.5. The van der Waals surface area contributed by atoms with E-state index in [1.165, 1.54) is 6.07 Å². The molecule has 0 fully saturated rings. The van der Waals surface area contributed by atoms with Crippen molar-refractivity contribution in [3.63, 3.8) is 0 Å². The zero-order valence-corrected chi connectivity index (χ0v) is 12.8. The molecule has 5 nitrogen and oxygen atoms in total. The fourth-order valence-electron chi connectivity index (χ4n) is 2.47. The molecule has 2 heterocycles. The second-order valence-electron chi connectivity index (χ2n) is 5.03. The van der Waals surface area contributed by atoms with Gasteiger partial charge in [0.15, 0.2) is 5.82 Å². The van der Waals surface area contributed by atoms with Crippen LogP contribution in [-0.2, 0) is 13.0 Å². The average Bonchev–Trinajstić information content (AvgIpc) is 3.10. The number of H-pyrrole nitrogens is 1. The van der Waals surface area contributed by atoms with Crippen LogP contribution < -0.4 is 0 Å². The van der Waals surface area contributed by atoms with Gasteiger partial charge in [0.1, 0.15) is 12.4 Å². The molecule has 0 spiro atoms. The molecule has 0 saturated heterocycles. The molecule has 0 saturated carbocycles. The first-order chi connectivity index (χ1) is 11.2. The van der Waals surface area contributed by atoms with E-state index >= 15 is 0 Å². The molecule has 23 heavy (non-hydrogen) atoms. The Morgan fingerprint density at radius 2 is 2.17 bits per heavy atom. The van der Waals surface area contributed by atoms with E-state index in [1.54, 1.807) is 36.9 Å². The number of aliphatic hydroxyl groups is 1. The SMILES string of the molecule is OCc1nccc(CC(c2cnc[nH]2)c2cccc(Cl)c2F)n1. The molecule has 0 bridgehead atoms. The molecular formula is C16H14ClFN4O. The third-order valence-electron chi connectivity index (χ3n) is 3.57. The number of aromatic nitrogens is 4. The van der Waals surface area contributed by atoms with Crippen molar-refractivity contribution in [2.24, 2.45) is 0 Å². The molecule has 7 heteroatoms. The van der Waals surface area contributed by atoms with Crippen LogP contribution >= 0.6 is 11.6 Å². The van der Waals surface area contributed by atoms with E-state index in [1.807, 2.05) is 0 Å². The van der Waals surface area contributed by atoms with Crippen LogP contribution in [0.1, 0.15) is 28.7 Å². The molecule has 1 aromatic carbocycles.